The lowest BCUT2D eigenvalue weighted by Gasteiger charge is -2.15. The number of rotatable bonds is 5. The molecule has 0 aliphatic rings. The van der Waals surface area contributed by atoms with E-state index in [0.717, 1.165) is 12.0 Å². The number of amides is 1. The molecule has 0 bridgehead atoms. The largest absolute Gasteiger partial charge is 0.344 e. The molecule has 0 saturated carbocycles. The van der Waals surface area contributed by atoms with Crippen molar-refractivity contribution in [3.05, 3.63) is 65.5 Å². The number of carbonyl (C=O) groups is 1. The van der Waals surface area contributed by atoms with Crippen molar-refractivity contribution in [3.8, 4) is 0 Å². The molecule has 3 nitrogen and oxygen atoms in total. The van der Waals surface area contributed by atoms with Gasteiger partial charge in [0.15, 0.2) is 0 Å². The summed E-state index contributed by atoms with van der Waals surface area (Å²) in [5, 5.41) is 2.97. The molecule has 1 amide bonds. The molecule has 0 fully saturated rings. The third-order valence-electron chi connectivity index (χ3n) is 3.37. The van der Waals surface area contributed by atoms with Crippen LogP contribution < -0.4 is 5.32 Å². The van der Waals surface area contributed by atoms with Crippen molar-refractivity contribution in [1.29, 1.82) is 0 Å². The molecule has 110 valence electrons. The Hall–Kier alpha value is -2.16. The highest BCUT2D eigenvalue weighted by atomic mass is 16.1. The zero-order valence-corrected chi connectivity index (χ0v) is 12.8. The van der Waals surface area contributed by atoms with Crippen LogP contribution in [0.2, 0.25) is 0 Å². The van der Waals surface area contributed by atoms with Gasteiger partial charge in [-0.2, -0.15) is 0 Å². The first-order valence-corrected chi connectivity index (χ1v) is 7.37. The van der Waals surface area contributed by atoms with Crippen molar-refractivity contribution in [2.45, 2.75) is 33.2 Å². The highest BCUT2D eigenvalue weighted by Gasteiger charge is 2.12. The molecular weight excluding hydrogens is 260 g/mol. The minimum atomic E-state index is -0.144. The predicted molar refractivity (Wildman–Crippen MR) is 85.1 cm³/mol. The number of nitrogens with zero attached hydrogens (tertiary/aromatic N) is 1. The van der Waals surface area contributed by atoms with Crippen molar-refractivity contribution in [2.24, 2.45) is 5.92 Å². The molecule has 1 aromatic carbocycles. The van der Waals surface area contributed by atoms with Gasteiger partial charge in [-0.05, 0) is 42.5 Å². The van der Waals surface area contributed by atoms with E-state index in [4.69, 9.17) is 0 Å². The van der Waals surface area contributed by atoms with Crippen molar-refractivity contribution in [3.63, 3.8) is 0 Å². The van der Waals surface area contributed by atoms with Crippen molar-refractivity contribution < 1.29 is 4.79 Å². The molecule has 3 heteroatoms. The molecule has 0 saturated heterocycles. The maximum Gasteiger partial charge on any atom is 0.270 e. The van der Waals surface area contributed by atoms with Crippen LogP contribution in [0.25, 0.3) is 0 Å². The number of hydrogen-bond acceptors (Lipinski definition) is 2. The van der Waals surface area contributed by atoms with Gasteiger partial charge >= 0.3 is 0 Å². The Morgan fingerprint density at radius 2 is 1.81 bits per heavy atom. The summed E-state index contributed by atoms with van der Waals surface area (Å²) in [7, 11) is 0. The fourth-order valence-electron chi connectivity index (χ4n) is 2.26. The van der Waals surface area contributed by atoms with Gasteiger partial charge in [-0.15, -0.1) is 0 Å². The van der Waals surface area contributed by atoms with Gasteiger partial charge in [0.1, 0.15) is 5.69 Å². The molecule has 1 atom stereocenters. The van der Waals surface area contributed by atoms with Gasteiger partial charge in [0.05, 0.1) is 6.04 Å². The van der Waals surface area contributed by atoms with Gasteiger partial charge in [0.25, 0.3) is 5.91 Å². The maximum absolute atomic E-state index is 12.1. The van der Waals surface area contributed by atoms with Gasteiger partial charge in [-0.3, -0.25) is 9.78 Å². The van der Waals surface area contributed by atoms with Gasteiger partial charge in [-0.1, -0.05) is 44.2 Å². The summed E-state index contributed by atoms with van der Waals surface area (Å²) in [6.45, 7) is 6.41. The molecule has 1 N–H and O–H groups in total. The van der Waals surface area contributed by atoms with Crippen LogP contribution in [0.1, 0.15) is 48.4 Å². The van der Waals surface area contributed by atoms with Crippen molar-refractivity contribution in [1.82, 2.24) is 10.3 Å². The van der Waals surface area contributed by atoms with E-state index >= 15 is 0 Å². The number of benzene rings is 1. The third-order valence-corrected chi connectivity index (χ3v) is 3.37. The van der Waals surface area contributed by atoms with Crippen molar-refractivity contribution in [2.75, 3.05) is 0 Å². The zero-order valence-electron chi connectivity index (χ0n) is 12.8. The smallest absolute Gasteiger partial charge is 0.270 e. The average Bonchev–Trinajstić information content (AvgIpc) is 2.48. The second-order valence-corrected chi connectivity index (χ2v) is 5.75. The summed E-state index contributed by atoms with van der Waals surface area (Å²) in [5.41, 5.74) is 2.88. The van der Waals surface area contributed by atoms with Gasteiger partial charge in [0, 0.05) is 6.20 Å². The van der Waals surface area contributed by atoms with Crippen LogP contribution in [0.3, 0.4) is 0 Å². The lowest BCUT2D eigenvalue weighted by molar-refractivity contribution is 0.0935. The summed E-state index contributed by atoms with van der Waals surface area (Å²) in [4.78, 5) is 16.1. The fourth-order valence-corrected chi connectivity index (χ4v) is 2.26. The number of hydrogen-bond donors (Lipinski definition) is 1. The Labute approximate surface area is 126 Å². The number of aromatic nitrogens is 1. The van der Waals surface area contributed by atoms with E-state index in [0.29, 0.717) is 11.6 Å². The van der Waals surface area contributed by atoms with E-state index < -0.39 is 0 Å². The normalized spacial score (nSPS) is 12.2. The molecule has 2 rings (SSSR count). The number of pyridine rings is 1. The van der Waals surface area contributed by atoms with E-state index in [1.807, 2.05) is 13.0 Å². The maximum atomic E-state index is 12.1. The molecule has 0 spiro atoms. The molecule has 0 aliphatic heterocycles. The second-order valence-electron chi connectivity index (χ2n) is 5.75. The summed E-state index contributed by atoms with van der Waals surface area (Å²) in [6.07, 6.45) is 2.70. The lowest BCUT2D eigenvalue weighted by Crippen LogP contribution is -2.27. The monoisotopic (exact) mass is 282 g/mol. The molecule has 0 radical (unpaired) electrons. The van der Waals surface area contributed by atoms with E-state index in [1.165, 1.54) is 5.56 Å². The number of carbonyl (C=O) groups excluding carboxylic acids is 1. The summed E-state index contributed by atoms with van der Waals surface area (Å²) in [5.74, 6) is 0.506. The highest BCUT2D eigenvalue weighted by molar-refractivity contribution is 5.92. The molecule has 21 heavy (non-hydrogen) atoms. The third kappa shape index (κ3) is 4.42. The summed E-state index contributed by atoms with van der Waals surface area (Å²) >= 11 is 0. The van der Waals surface area contributed by atoms with Crippen molar-refractivity contribution >= 4 is 5.91 Å². The van der Waals surface area contributed by atoms with Gasteiger partial charge in [0.2, 0.25) is 0 Å². The first-order chi connectivity index (χ1) is 10.1. The standard InChI is InChI=1S/C18H22N2O/c1-13(2)12-15-7-9-16(10-8-15)14(3)20-18(21)17-6-4-5-11-19-17/h4-11,13-14H,12H2,1-3H3,(H,20,21)/t14-/m1/s1. The minimum Gasteiger partial charge on any atom is -0.344 e. The predicted octanol–water partition coefficient (Wildman–Crippen LogP) is 3.77. The Kier molecular flexibility index (Phi) is 5.09. The lowest BCUT2D eigenvalue weighted by atomic mass is 10.00. The first kappa shape index (κ1) is 15.2. The first-order valence-electron chi connectivity index (χ1n) is 7.37. The Morgan fingerprint density at radius 1 is 1.10 bits per heavy atom. The van der Waals surface area contributed by atoms with E-state index in [-0.39, 0.29) is 11.9 Å². The van der Waals surface area contributed by atoms with Gasteiger partial charge < -0.3 is 5.32 Å². The summed E-state index contributed by atoms with van der Waals surface area (Å²) < 4.78 is 0. The van der Waals surface area contributed by atoms with Crippen LogP contribution >= 0.6 is 0 Å². The molecule has 0 unspecified atom stereocenters. The number of nitrogens with one attached hydrogen (secondary N) is 1. The van der Waals surface area contributed by atoms with Crippen LogP contribution in [0.15, 0.2) is 48.7 Å². The second kappa shape index (κ2) is 7.02. The van der Waals surface area contributed by atoms with Crippen LogP contribution in [0.5, 0.6) is 0 Å². The molecule has 0 aliphatic carbocycles. The van der Waals surface area contributed by atoms with Crippen LogP contribution in [0.4, 0.5) is 0 Å². The fraction of sp³-hybridized carbons (Fsp3) is 0.333. The Morgan fingerprint density at radius 3 is 2.38 bits per heavy atom. The molecule has 1 heterocycles. The Balaban J connectivity index is 2.00. The molecule has 1 aromatic heterocycles. The van der Waals surface area contributed by atoms with Gasteiger partial charge in [-0.25, -0.2) is 0 Å². The van der Waals surface area contributed by atoms with E-state index in [1.54, 1.807) is 18.3 Å². The molecular formula is C18H22N2O. The Bertz CT molecular complexity index is 576. The molecule has 2 aromatic rings. The van der Waals surface area contributed by atoms with Crippen LogP contribution in [-0.2, 0) is 6.42 Å². The van der Waals surface area contributed by atoms with E-state index in [2.05, 4.69) is 48.4 Å². The SMILES string of the molecule is CC(C)Cc1ccc([C@@H](C)NC(=O)c2ccccn2)cc1. The average molecular weight is 282 g/mol. The topological polar surface area (TPSA) is 42.0 Å². The van der Waals surface area contributed by atoms with E-state index in [9.17, 15) is 4.79 Å². The summed E-state index contributed by atoms with van der Waals surface area (Å²) in [6, 6.07) is 13.7. The van der Waals surface area contributed by atoms with Crippen LogP contribution in [-0.4, -0.2) is 10.9 Å². The zero-order chi connectivity index (χ0) is 15.2. The van der Waals surface area contributed by atoms with Crippen LogP contribution in [0, 0.1) is 5.92 Å². The highest BCUT2D eigenvalue weighted by Crippen LogP contribution is 2.16. The quantitative estimate of drug-likeness (QED) is 0.907. The minimum absolute atomic E-state index is 0.0346.